The van der Waals surface area contributed by atoms with E-state index in [1.54, 1.807) is 23.1 Å². The fraction of sp³-hybridized carbons (Fsp3) is 0.385. The lowest BCUT2D eigenvalue weighted by molar-refractivity contribution is -0.137. The highest BCUT2D eigenvalue weighted by molar-refractivity contribution is 9.10. The zero-order chi connectivity index (χ0) is 13.7. The van der Waals surface area contributed by atoms with Crippen LogP contribution in [0.1, 0.15) is 10.4 Å². The summed E-state index contributed by atoms with van der Waals surface area (Å²) < 4.78 is 11.3. The van der Waals surface area contributed by atoms with E-state index in [2.05, 4.69) is 15.9 Å². The van der Waals surface area contributed by atoms with E-state index >= 15 is 0 Å². The maximum atomic E-state index is 11.9. The second-order valence-electron chi connectivity index (χ2n) is 4.06. The molecule has 1 aliphatic heterocycles. The van der Waals surface area contributed by atoms with Crippen LogP contribution >= 0.6 is 15.9 Å². The first kappa shape index (κ1) is 14.0. The number of carbonyl (C=O) groups is 2. The van der Waals surface area contributed by atoms with Crippen molar-refractivity contribution in [2.24, 2.45) is 0 Å². The van der Waals surface area contributed by atoms with Crippen molar-refractivity contribution in [1.82, 2.24) is 4.90 Å². The lowest BCUT2D eigenvalue weighted by atomic mass is 10.2. The van der Waals surface area contributed by atoms with Crippen LogP contribution in [-0.2, 0) is 9.53 Å². The number of hydrogen-bond acceptors (Lipinski definition) is 4. The molecule has 1 saturated heterocycles. The summed E-state index contributed by atoms with van der Waals surface area (Å²) in [5, 5.41) is 0. The van der Waals surface area contributed by atoms with Crippen molar-refractivity contribution in [3.63, 3.8) is 0 Å². The quantitative estimate of drug-likeness (QED) is 0.786. The van der Waals surface area contributed by atoms with Gasteiger partial charge in [-0.15, -0.1) is 0 Å². The maximum absolute atomic E-state index is 11.9. The standard InChI is InChI=1S/C13H14BrNO4/c14-11-3-1-2-10(8-16)13(11)19-9-12(17)15-4-6-18-7-5-15/h1-3,8H,4-7,9H2. The Morgan fingerprint density at radius 3 is 2.84 bits per heavy atom. The molecule has 1 aliphatic rings. The summed E-state index contributed by atoms with van der Waals surface area (Å²) in [5.74, 6) is 0.301. The number of halogens is 1. The van der Waals surface area contributed by atoms with Crippen molar-refractivity contribution in [1.29, 1.82) is 0 Å². The minimum Gasteiger partial charge on any atom is -0.482 e. The van der Waals surface area contributed by atoms with Gasteiger partial charge in [-0.1, -0.05) is 6.07 Å². The largest absolute Gasteiger partial charge is 0.482 e. The summed E-state index contributed by atoms with van der Waals surface area (Å²) in [7, 11) is 0. The van der Waals surface area contributed by atoms with Gasteiger partial charge in [-0.25, -0.2) is 0 Å². The Morgan fingerprint density at radius 2 is 2.16 bits per heavy atom. The van der Waals surface area contributed by atoms with Crippen molar-refractivity contribution in [2.75, 3.05) is 32.9 Å². The number of nitrogens with zero attached hydrogens (tertiary/aromatic N) is 1. The second-order valence-corrected chi connectivity index (χ2v) is 4.91. The van der Waals surface area contributed by atoms with Crippen LogP contribution in [0.5, 0.6) is 5.75 Å². The van der Waals surface area contributed by atoms with Gasteiger partial charge in [0, 0.05) is 13.1 Å². The zero-order valence-corrected chi connectivity index (χ0v) is 11.9. The van der Waals surface area contributed by atoms with E-state index in [9.17, 15) is 9.59 Å². The van der Waals surface area contributed by atoms with E-state index in [0.717, 1.165) is 0 Å². The Hall–Kier alpha value is -1.40. The van der Waals surface area contributed by atoms with Gasteiger partial charge in [0.25, 0.3) is 5.91 Å². The number of benzene rings is 1. The number of amides is 1. The summed E-state index contributed by atoms with van der Waals surface area (Å²) in [4.78, 5) is 24.5. The molecule has 0 N–H and O–H groups in total. The first-order valence-corrected chi connectivity index (χ1v) is 6.73. The van der Waals surface area contributed by atoms with Gasteiger partial charge in [-0.3, -0.25) is 9.59 Å². The molecule has 0 radical (unpaired) electrons. The van der Waals surface area contributed by atoms with Crippen molar-refractivity contribution in [3.05, 3.63) is 28.2 Å². The molecule has 1 heterocycles. The van der Waals surface area contributed by atoms with Crippen molar-refractivity contribution < 1.29 is 19.1 Å². The van der Waals surface area contributed by atoms with E-state index in [-0.39, 0.29) is 12.5 Å². The summed E-state index contributed by atoms with van der Waals surface area (Å²) >= 11 is 3.31. The lowest BCUT2D eigenvalue weighted by Crippen LogP contribution is -2.43. The van der Waals surface area contributed by atoms with Gasteiger partial charge in [0.1, 0.15) is 5.75 Å². The van der Waals surface area contributed by atoms with E-state index in [1.807, 2.05) is 0 Å². The fourth-order valence-corrected chi connectivity index (χ4v) is 2.30. The molecule has 0 spiro atoms. The molecule has 0 atom stereocenters. The molecule has 1 fully saturated rings. The van der Waals surface area contributed by atoms with Crippen LogP contribution in [0.4, 0.5) is 0 Å². The van der Waals surface area contributed by atoms with Gasteiger partial charge in [0.05, 0.1) is 23.2 Å². The Labute approximate surface area is 119 Å². The second kappa shape index (κ2) is 6.68. The predicted octanol–water partition coefficient (Wildman–Crippen LogP) is 1.50. The molecule has 0 saturated carbocycles. The maximum Gasteiger partial charge on any atom is 0.260 e. The molecule has 1 aromatic carbocycles. The van der Waals surface area contributed by atoms with Crippen LogP contribution < -0.4 is 4.74 Å². The minimum atomic E-state index is -0.101. The highest BCUT2D eigenvalue weighted by Gasteiger charge is 2.18. The third-order valence-electron chi connectivity index (χ3n) is 2.83. The monoisotopic (exact) mass is 327 g/mol. The summed E-state index contributed by atoms with van der Waals surface area (Å²) in [6, 6.07) is 5.15. The summed E-state index contributed by atoms with van der Waals surface area (Å²) in [6.07, 6.45) is 0.708. The zero-order valence-electron chi connectivity index (χ0n) is 10.3. The van der Waals surface area contributed by atoms with Crippen molar-refractivity contribution in [2.45, 2.75) is 0 Å². The molecule has 0 aromatic heterocycles. The van der Waals surface area contributed by atoms with Gasteiger partial charge >= 0.3 is 0 Å². The first-order chi connectivity index (χ1) is 9.22. The summed E-state index contributed by atoms with van der Waals surface area (Å²) in [5.41, 5.74) is 0.421. The highest BCUT2D eigenvalue weighted by atomic mass is 79.9. The Balaban J connectivity index is 1.98. The number of aldehydes is 1. The van der Waals surface area contributed by atoms with Crippen molar-refractivity contribution in [3.8, 4) is 5.75 Å². The average Bonchev–Trinajstić information content (AvgIpc) is 2.46. The van der Waals surface area contributed by atoms with Crippen LogP contribution in [-0.4, -0.2) is 50.0 Å². The fourth-order valence-electron chi connectivity index (χ4n) is 1.81. The molecular weight excluding hydrogens is 314 g/mol. The minimum absolute atomic E-state index is 0.0799. The number of rotatable bonds is 4. The third kappa shape index (κ3) is 3.54. The Morgan fingerprint density at radius 1 is 1.42 bits per heavy atom. The molecule has 2 rings (SSSR count). The molecule has 0 bridgehead atoms. The molecule has 0 unspecified atom stereocenters. The number of ether oxygens (including phenoxy) is 2. The van der Waals surface area contributed by atoms with E-state index < -0.39 is 0 Å². The molecule has 6 heteroatoms. The van der Waals surface area contributed by atoms with Crippen LogP contribution in [0.15, 0.2) is 22.7 Å². The van der Waals surface area contributed by atoms with Crippen LogP contribution in [0.25, 0.3) is 0 Å². The molecular formula is C13H14BrNO4. The number of hydrogen-bond donors (Lipinski definition) is 0. The van der Waals surface area contributed by atoms with Gasteiger partial charge in [0.2, 0.25) is 0 Å². The van der Waals surface area contributed by atoms with Crippen LogP contribution in [0, 0.1) is 0 Å². The van der Waals surface area contributed by atoms with E-state index in [1.165, 1.54) is 0 Å². The lowest BCUT2D eigenvalue weighted by Gasteiger charge is -2.26. The summed E-state index contributed by atoms with van der Waals surface area (Å²) in [6.45, 7) is 2.20. The van der Waals surface area contributed by atoms with Gasteiger partial charge in [-0.2, -0.15) is 0 Å². The highest BCUT2D eigenvalue weighted by Crippen LogP contribution is 2.27. The Bertz CT molecular complexity index is 472. The molecule has 19 heavy (non-hydrogen) atoms. The smallest absolute Gasteiger partial charge is 0.260 e. The molecule has 1 aromatic rings. The van der Waals surface area contributed by atoms with Crippen LogP contribution in [0.3, 0.4) is 0 Å². The SMILES string of the molecule is O=Cc1cccc(Br)c1OCC(=O)N1CCOCC1. The number of carbonyl (C=O) groups excluding carboxylic acids is 2. The van der Waals surface area contributed by atoms with E-state index in [4.69, 9.17) is 9.47 Å². The molecule has 102 valence electrons. The van der Waals surface area contributed by atoms with Gasteiger partial charge in [-0.05, 0) is 28.1 Å². The molecule has 0 aliphatic carbocycles. The third-order valence-corrected chi connectivity index (χ3v) is 3.45. The van der Waals surface area contributed by atoms with Gasteiger partial charge in [0.15, 0.2) is 12.9 Å². The van der Waals surface area contributed by atoms with E-state index in [0.29, 0.717) is 48.4 Å². The number of morpholine rings is 1. The van der Waals surface area contributed by atoms with Crippen molar-refractivity contribution >= 4 is 28.1 Å². The topological polar surface area (TPSA) is 55.8 Å². The Kier molecular flexibility index (Phi) is 4.93. The molecule has 5 nitrogen and oxygen atoms in total. The molecule has 1 amide bonds. The normalized spacial score (nSPS) is 15.1. The van der Waals surface area contributed by atoms with Gasteiger partial charge < -0.3 is 14.4 Å². The van der Waals surface area contributed by atoms with Crippen LogP contribution in [0.2, 0.25) is 0 Å². The first-order valence-electron chi connectivity index (χ1n) is 5.94. The predicted molar refractivity (Wildman–Crippen MR) is 72.4 cm³/mol. The average molecular weight is 328 g/mol. The number of para-hydroxylation sites is 1.